The molecule has 1 aromatic carbocycles. The monoisotopic (exact) mass is 350 g/mol. The fourth-order valence-corrected chi connectivity index (χ4v) is 2.40. The van der Waals surface area contributed by atoms with Gasteiger partial charge in [-0.2, -0.15) is 0 Å². The molecule has 0 saturated carbocycles. The third-order valence-electron chi connectivity index (χ3n) is 3.81. The van der Waals surface area contributed by atoms with Gasteiger partial charge in [0.15, 0.2) is 0 Å². The highest BCUT2D eigenvalue weighted by Crippen LogP contribution is 2.08. The van der Waals surface area contributed by atoms with Crippen LogP contribution in [0.5, 0.6) is 0 Å². The van der Waals surface area contributed by atoms with Gasteiger partial charge in [0.1, 0.15) is 11.5 Å². The Morgan fingerprint density at radius 1 is 1.00 bits per heavy atom. The number of pyridine rings is 2. The first-order chi connectivity index (χ1) is 12.7. The molecule has 0 unspecified atom stereocenters. The number of halogens is 1. The minimum atomic E-state index is -0.242. The summed E-state index contributed by atoms with van der Waals surface area (Å²) in [5.74, 6) is -0.476. The predicted octanol–water partition coefficient (Wildman–Crippen LogP) is 3.20. The molecule has 0 atom stereocenters. The lowest BCUT2D eigenvalue weighted by Crippen LogP contribution is -2.24. The molecule has 6 heteroatoms. The summed E-state index contributed by atoms with van der Waals surface area (Å²) in [6.45, 7) is 1.05. The van der Waals surface area contributed by atoms with E-state index in [9.17, 15) is 9.18 Å². The number of rotatable bonds is 7. The first kappa shape index (κ1) is 17.5. The van der Waals surface area contributed by atoms with Crippen molar-refractivity contribution in [3.05, 3.63) is 89.8 Å². The quantitative estimate of drug-likeness (QED) is 0.687. The standard InChI is InChI=1S/C20H19FN4O/c21-16-6-4-15(5-7-16)10-12-23-18-8-9-19(24-13-18)20(26)25-14-17-3-1-2-11-22-17/h1-9,11,13,23H,10,12,14H2,(H,25,26). The largest absolute Gasteiger partial charge is 0.383 e. The number of carbonyl (C=O) groups is 1. The predicted molar refractivity (Wildman–Crippen MR) is 98.2 cm³/mol. The van der Waals surface area contributed by atoms with Crippen LogP contribution in [-0.2, 0) is 13.0 Å². The maximum absolute atomic E-state index is 12.9. The van der Waals surface area contributed by atoms with Gasteiger partial charge in [-0.05, 0) is 48.4 Å². The third-order valence-corrected chi connectivity index (χ3v) is 3.81. The molecule has 0 aliphatic carbocycles. The molecule has 0 radical (unpaired) electrons. The van der Waals surface area contributed by atoms with Crippen LogP contribution in [0.4, 0.5) is 10.1 Å². The minimum absolute atomic E-state index is 0.233. The lowest BCUT2D eigenvalue weighted by atomic mass is 10.1. The molecular weight excluding hydrogens is 331 g/mol. The molecule has 2 aromatic heterocycles. The van der Waals surface area contributed by atoms with Crippen molar-refractivity contribution in [3.63, 3.8) is 0 Å². The summed E-state index contributed by atoms with van der Waals surface area (Å²) in [7, 11) is 0. The maximum atomic E-state index is 12.9. The number of nitrogens with one attached hydrogen (secondary N) is 2. The Labute approximate surface area is 151 Å². The van der Waals surface area contributed by atoms with E-state index in [1.807, 2.05) is 24.3 Å². The topological polar surface area (TPSA) is 66.9 Å². The number of nitrogens with zero attached hydrogens (tertiary/aromatic N) is 2. The Hall–Kier alpha value is -3.28. The van der Waals surface area contributed by atoms with Crippen molar-refractivity contribution in [1.29, 1.82) is 0 Å². The van der Waals surface area contributed by atoms with E-state index in [0.717, 1.165) is 23.4 Å². The van der Waals surface area contributed by atoms with Crippen molar-refractivity contribution in [2.24, 2.45) is 0 Å². The molecule has 26 heavy (non-hydrogen) atoms. The van der Waals surface area contributed by atoms with E-state index < -0.39 is 0 Å². The normalized spacial score (nSPS) is 10.3. The van der Waals surface area contributed by atoms with Crippen LogP contribution < -0.4 is 10.6 Å². The molecule has 0 spiro atoms. The highest BCUT2D eigenvalue weighted by Gasteiger charge is 2.07. The van der Waals surface area contributed by atoms with Gasteiger partial charge in [0.05, 0.1) is 24.1 Å². The summed E-state index contributed by atoms with van der Waals surface area (Å²) in [5.41, 5.74) is 3.02. The molecule has 1 amide bonds. The van der Waals surface area contributed by atoms with Gasteiger partial charge in [-0.1, -0.05) is 18.2 Å². The second-order valence-electron chi connectivity index (χ2n) is 5.74. The molecule has 5 nitrogen and oxygen atoms in total. The van der Waals surface area contributed by atoms with Crippen LogP contribution in [0.3, 0.4) is 0 Å². The van der Waals surface area contributed by atoms with Crippen molar-refractivity contribution >= 4 is 11.6 Å². The molecule has 0 fully saturated rings. The molecule has 3 rings (SSSR count). The third kappa shape index (κ3) is 5.11. The molecular formula is C20H19FN4O. The van der Waals surface area contributed by atoms with Crippen LogP contribution in [0.25, 0.3) is 0 Å². The molecule has 0 aliphatic heterocycles. The Morgan fingerprint density at radius 3 is 2.54 bits per heavy atom. The van der Waals surface area contributed by atoms with Gasteiger partial charge in [0, 0.05) is 12.7 Å². The van der Waals surface area contributed by atoms with Crippen LogP contribution in [0.2, 0.25) is 0 Å². The smallest absolute Gasteiger partial charge is 0.270 e. The summed E-state index contributed by atoms with van der Waals surface area (Å²) < 4.78 is 12.9. The zero-order chi connectivity index (χ0) is 18.2. The van der Waals surface area contributed by atoms with E-state index in [1.54, 1.807) is 30.6 Å². The summed E-state index contributed by atoms with van der Waals surface area (Å²) in [6, 6.07) is 15.5. The molecule has 0 bridgehead atoms. The number of anilines is 1. The van der Waals surface area contributed by atoms with E-state index >= 15 is 0 Å². The maximum Gasteiger partial charge on any atom is 0.270 e. The number of hydrogen-bond acceptors (Lipinski definition) is 4. The van der Waals surface area contributed by atoms with E-state index in [2.05, 4.69) is 20.6 Å². The highest BCUT2D eigenvalue weighted by molar-refractivity contribution is 5.92. The van der Waals surface area contributed by atoms with E-state index in [-0.39, 0.29) is 11.7 Å². The summed E-state index contributed by atoms with van der Waals surface area (Å²) in [6.07, 6.45) is 4.08. The van der Waals surface area contributed by atoms with E-state index in [4.69, 9.17) is 0 Å². The van der Waals surface area contributed by atoms with Crippen LogP contribution in [0.15, 0.2) is 67.0 Å². The Kier molecular flexibility index (Phi) is 5.88. The van der Waals surface area contributed by atoms with Gasteiger partial charge < -0.3 is 10.6 Å². The second-order valence-corrected chi connectivity index (χ2v) is 5.74. The first-order valence-corrected chi connectivity index (χ1v) is 8.33. The van der Waals surface area contributed by atoms with Crippen LogP contribution in [0, 0.1) is 5.82 Å². The van der Waals surface area contributed by atoms with Crippen molar-refractivity contribution in [1.82, 2.24) is 15.3 Å². The van der Waals surface area contributed by atoms with Crippen LogP contribution in [-0.4, -0.2) is 22.4 Å². The first-order valence-electron chi connectivity index (χ1n) is 8.33. The average molecular weight is 350 g/mol. The summed E-state index contributed by atoms with van der Waals surface area (Å²) in [4.78, 5) is 20.4. The fourth-order valence-electron chi connectivity index (χ4n) is 2.40. The lowest BCUT2D eigenvalue weighted by molar-refractivity contribution is 0.0945. The molecule has 0 aliphatic rings. The van der Waals surface area contributed by atoms with Crippen molar-refractivity contribution in [2.75, 3.05) is 11.9 Å². The molecule has 0 saturated heterocycles. The Balaban J connectivity index is 1.46. The van der Waals surface area contributed by atoms with Gasteiger partial charge in [-0.15, -0.1) is 0 Å². The van der Waals surface area contributed by atoms with E-state index in [0.29, 0.717) is 18.8 Å². The van der Waals surface area contributed by atoms with Crippen molar-refractivity contribution in [3.8, 4) is 0 Å². The Morgan fingerprint density at radius 2 is 1.85 bits per heavy atom. The van der Waals surface area contributed by atoms with Gasteiger partial charge in [-0.25, -0.2) is 9.37 Å². The highest BCUT2D eigenvalue weighted by atomic mass is 19.1. The van der Waals surface area contributed by atoms with E-state index in [1.165, 1.54) is 12.1 Å². The van der Waals surface area contributed by atoms with Gasteiger partial charge in [0.25, 0.3) is 5.91 Å². The number of amides is 1. The molecule has 2 N–H and O–H groups in total. The fraction of sp³-hybridized carbons (Fsp3) is 0.150. The van der Waals surface area contributed by atoms with Crippen LogP contribution in [0.1, 0.15) is 21.7 Å². The number of carbonyl (C=O) groups excluding carboxylic acids is 1. The minimum Gasteiger partial charge on any atom is -0.383 e. The van der Waals surface area contributed by atoms with Gasteiger partial charge in [-0.3, -0.25) is 9.78 Å². The number of benzene rings is 1. The molecule has 2 heterocycles. The lowest BCUT2D eigenvalue weighted by Gasteiger charge is -2.08. The zero-order valence-electron chi connectivity index (χ0n) is 14.2. The van der Waals surface area contributed by atoms with Crippen molar-refractivity contribution < 1.29 is 9.18 Å². The Bertz CT molecular complexity index is 836. The SMILES string of the molecule is O=C(NCc1ccccn1)c1ccc(NCCc2ccc(F)cc2)cn1. The summed E-state index contributed by atoms with van der Waals surface area (Å²) >= 11 is 0. The average Bonchev–Trinajstić information content (AvgIpc) is 2.69. The van der Waals surface area contributed by atoms with Gasteiger partial charge >= 0.3 is 0 Å². The van der Waals surface area contributed by atoms with Crippen LogP contribution >= 0.6 is 0 Å². The second kappa shape index (κ2) is 8.71. The molecule has 132 valence electrons. The zero-order valence-corrected chi connectivity index (χ0v) is 14.2. The number of hydrogen-bond donors (Lipinski definition) is 2. The van der Waals surface area contributed by atoms with Gasteiger partial charge in [0.2, 0.25) is 0 Å². The number of aromatic nitrogens is 2. The molecule has 3 aromatic rings. The van der Waals surface area contributed by atoms with Crippen molar-refractivity contribution in [2.45, 2.75) is 13.0 Å². The summed E-state index contributed by atoms with van der Waals surface area (Å²) in [5, 5.41) is 6.02.